The van der Waals surface area contributed by atoms with Crippen molar-refractivity contribution >= 4 is 17.6 Å². The average molecular weight is 239 g/mol. The first kappa shape index (κ1) is 13.2. The summed E-state index contributed by atoms with van der Waals surface area (Å²) in [4.78, 5) is 21.6. The molecule has 0 aliphatic carbocycles. The number of anilines is 1. The van der Waals surface area contributed by atoms with Gasteiger partial charge in [0.2, 0.25) is 5.91 Å². The highest BCUT2D eigenvalue weighted by Crippen LogP contribution is 2.13. The van der Waals surface area contributed by atoms with Gasteiger partial charge in [-0.05, 0) is 37.1 Å². The number of carbonyl (C=O) groups is 2. The second-order valence-corrected chi connectivity index (χ2v) is 3.81. The van der Waals surface area contributed by atoms with Crippen molar-refractivity contribution < 1.29 is 19.1 Å². The number of aryl methyl sites for hydroxylation is 1. The number of amides is 1. The maximum Gasteiger partial charge on any atom is 0.303 e. The Morgan fingerprint density at radius 2 is 2.00 bits per heavy atom. The van der Waals surface area contributed by atoms with Crippen LogP contribution in [0.15, 0.2) is 18.2 Å². The highest BCUT2D eigenvalue weighted by Gasteiger charge is 2.05. The van der Waals surface area contributed by atoms with Gasteiger partial charge < -0.3 is 10.4 Å². The van der Waals surface area contributed by atoms with Gasteiger partial charge in [-0.15, -0.1) is 0 Å². The summed E-state index contributed by atoms with van der Waals surface area (Å²) in [6.07, 6.45) is 0.340. The van der Waals surface area contributed by atoms with Crippen LogP contribution in [0.5, 0.6) is 0 Å². The largest absolute Gasteiger partial charge is 0.481 e. The van der Waals surface area contributed by atoms with E-state index < -0.39 is 11.8 Å². The van der Waals surface area contributed by atoms with E-state index in [9.17, 15) is 14.0 Å². The Hall–Kier alpha value is -1.91. The number of aliphatic carboxylic acids is 1. The molecule has 1 aromatic rings. The molecule has 0 aliphatic rings. The van der Waals surface area contributed by atoms with Gasteiger partial charge in [-0.2, -0.15) is 0 Å². The molecule has 1 amide bonds. The number of carboxylic acid groups (broad SMARTS) is 1. The van der Waals surface area contributed by atoms with Gasteiger partial charge in [0.25, 0.3) is 0 Å². The molecule has 4 nitrogen and oxygen atoms in total. The van der Waals surface area contributed by atoms with Crippen LogP contribution in [0.25, 0.3) is 0 Å². The zero-order valence-corrected chi connectivity index (χ0v) is 9.50. The first-order valence-corrected chi connectivity index (χ1v) is 5.26. The maximum atomic E-state index is 13.0. The molecule has 0 aromatic heterocycles. The molecule has 0 heterocycles. The Bertz CT molecular complexity index is 412. The molecule has 0 bridgehead atoms. The van der Waals surface area contributed by atoms with Crippen LogP contribution in [0.4, 0.5) is 10.1 Å². The van der Waals surface area contributed by atoms with Crippen molar-refractivity contribution in [2.24, 2.45) is 0 Å². The molecule has 92 valence electrons. The fraction of sp³-hybridized carbons (Fsp3) is 0.333. The van der Waals surface area contributed by atoms with E-state index in [0.29, 0.717) is 11.3 Å². The molecule has 0 spiro atoms. The minimum atomic E-state index is -0.931. The minimum absolute atomic E-state index is 0.0460. The minimum Gasteiger partial charge on any atom is -0.481 e. The van der Waals surface area contributed by atoms with E-state index in [4.69, 9.17) is 5.11 Å². The predicted octanol–water partition coefficient (Wildman–Crippen LogP) is 2.33. The summed E-state index contributed by atoms with van der Waals surface area (Å²) in [6.45, 7) is 1.73. The first-order valence-electron chi connectivity index (χ1n) is 5.26. The summed E-state index contributed by atoms with van der Waals surface area (Å²) in [5, 5.41) is 10.9. The van der Waals surface area contributed by atoms with Crippen molar-refractivity contribution in [1.82, 2.24) is 0 Å². The van der Waals surface area contributed by atoms with E-state index in [0.717, 1.165) is 0 Å². The zero-order chi connectivity index (χ0) is 12.8. The number of rotatable bonds is 5. The lowest BCUT2D eigenvalue weighted by Gasteiger charge is -2.05. The fourth-order valence-electron chi connectivity index (χ4n) is 1.43. The summed E-state index contributed by atoms with van der Waals surface area (Å²) < 4.78 is 13.0. The Morgan fingerprint density at radius 1 is 1.29 bits per heavy atom. The van der Waals surface area contributed by atoms with Crippen molar-refractivity contribution in [2.45, 2.75) is 26.2 Å². The van der Waals surface area contributed by atoms with Crippen LogP contribution >= 0.6 is 0 Å². The predicted molar refractivity (Wildman–Crippen MR) is 61.3 cm³/mol. The monoisotopic (exact) mass is 239 g/mol. The molecular weight excluding hydrogens is 225 g/mol. The first-order chi connectivity index (χ1) is 7.97. The second-order valence-electron chi connectivity index (χ2n) is 3.81. The standard InChI is InChI=1S/C12H14FNO3/c1-8-5-9(13)7-10(6-8)14-11(15)3-2-4-12(16)17/h5-7H,2-4H2,1H3,(H,14,15)(H,16,17). The maximum absolute atomic E-state index is 13.0. The van der Waals surface area contributed by atoms with Crippen LogP contribution in [0.3, 0.4) is 0 Å². The van der Waals surface area contributed by atoms with Crippen molar-refractivity contribution in [3.63, 3.8) is 0 Å². The van der Waals surface area contributed by atoms with Gasteiger partial charge in [0.1, 0.15) is 5.82 Å². The number of nitrogens with one attached hydrogen (secondary N) is 1. The van der Waals surface area contributed by atoms with Crippen LogP contribution in [0.2, 0.25) is 0 Å². The third kappa shape index (κ3) is 5.10. The summed E-state index contributed by atoms with van der Waals surface area (Å²) in [7, 11) is 0. The van der Waals surface area contributed by atoms with E-state index in [2.05, 4.69) is 5.32 Å². The lowest BCUT2D eigenvalue weighted by atomic mass is 10.2. The van der Waals surface area contributed by atoms with Gasteiger partial charge in [0.15, 0.2) is 0 Å². The van der Waals surface area contributed by atoms with Gasteiger partial charge in [0, 0.05) is 18.5 Å². The fourth-order valence-corrected chi connectivity index (χ4v) is 1.43. The summed E-state index contributed by atoms with van der Waals surface area (Å²) >= 11 is 0. The molecular formula is C12H14FNO3. The van der Waals surface area contributed by atoms with Gasteiger partial charge in [-0.1, -0.05) is 0 Å². The van der Waals surface area contributed by atoms with Crippen molar-refractivity contribution in [3.05, 3.63) is 29.6 Å². The van der Waals surface area contributed by atoms with Crippen LogP contribution in [-0.4, -0.2) is 17.0 Å². The van der Waals surface area contributed by atoms with Crippen molar-refractivity contribution in [3.8, 4) is 0 Å². The molecule has 0 atom stereocenters. The van der Waals surface area contributed by atoms with E-state index in [1.807, 2.05) is 0 Å². The molecule has 0 saturated carbocycles. The normalized spacial score (nSPS) is 10.0. The molecule has 0 unspecified atom stereocenters. The molecule has 0 radical (unpaired) electrons. The lowest BCUT2D eigenvalue weighted by molar-refractivity contribution is -0.137. The Morgan fingerprint density at radius 3 is 2.59 bits per heavy atom. The number of carboxylic acids is 1. The van der Waals surface area contributed by atoms with Crippen LogP contribution in [-0.2, 0) is 9.59 Å². The highest BCUT2D eigenvalue weighted by atomic mass is 19.1. The van der Waals surface area contributed by atoms with Crippen LogP contribution in [0, 0.1) is 12.7 Å². The number of halogens is 1. The Labute approximate surface area is 98.5 Å². The van der Waals surface area contributed by atoms with Gasteiger partial charge in [-0.25, -0.2) is 4.39 Å². The van der Waals surface area contributed by atoms with Crippen LogP contribution in [0.1, 0.15) is 24.8 Å². The SMILES string of the molecule is Cc1cc(F)cc(NC(=O)CCCC(=O)O)c1. The molecule has 0 fully saturated rings. The third-order valence-corrected chi connectivity index (χ3v) is 2.12. The molecule has 5 heteroatoms. The lowest BCUT2D eigenvalue weighted by Crippen LogP contribution is -2.12. The molecule has 0 saturated heterocycles. The number of hydrogen-bond donors (Lipinski definition) is 2. The quantitative estimate of drug-likeness (QED) is 0.828. The smallest absolute Gasteiger partial charge is 0.303 e. The third-order valence-electron chi connectivity index (χ3n) is 2.12. The zero-order valence-electron chi connectivity index (χ0n) is 9.50. The Kier molecular flexibility index (Phi) is 4.63. The topological polar surface area (TPSA) is 66.4 Å². The highest BCUT2D eigenvalue weighted by molar-refractivity contribution is 5.90. The van der Waals surface area contributed by atoms with E-state index in [1.165, 1.54) is 12.1 Å². The molecule has 0 aliphatic heterocycles. The van der Waals surface area contributed by atoms with Gasteiger partial charge in [-0.3, -0.25) is 9.59 Å². The second kappa shape index (κ2) is 5.98. The van der Waals surface area contributed by atoms with Crippen LogP contribution < -0.4 is 5.32 Å². The van der Waals surface area contributed by atoms with E-state index in [1.54, 1.807) is 13.0 Å². The average Bonchev–Trinajstić information content (AvgIpc) is 2.14. The number of carbonyl (C=O) groups excluding carboxylic acids is 1. The molecule has 1 rings (SSSR count). The van der Waals surface area contributed by atoms with E-state index in [-0.39, 0.29) is 25.2 Å². The number of hydrogen-bond acceptors (Lipinski definition) is 2. The molecule has 2 N–H and O–H groups in total. The summed E-state index contributed by atoms with van der Waals surface area (Å²) in [5.41, 5.74) is 1.11. The van der Waals surface area contributed by atoms with Crippen molar-refractivity contribution in [2.75, 3.05) is 5.32 Å². The summed E-state index contributed by atoms with van der Waals surface area (Å²) in [5.74, 6) is -1.65. The van der Waals surface area contributed by atoms with Crippen molar-refractivity contribution in [1.29, 1.82) is 0 Å². The van der Waals surface area contributed by atoms with E-state index >= 15 is 0 Å². The summed E-state index contributed by atoms with van der Waals surface area (Å²) in [6, 6.07) is 4.24. The number of benzene rings is 1. The Balaban J connectivity index is 2.47. The van der Waals surface area contributed by atoms with Gasteiger partial charge >= 0.3 is 5.97 Å². The van der Waals surface area contributed by atoms with Gasteiger partial charge in [0.05, 0.1) is 0 Å². The molecule has 1 aromatic carbocycles. The molecule has 17 heavy (non-hydrogen) atoms.